The lowest BCUT2D eigenvalue weighted by Crippen LogP contribution is -2.49. The van der Waals surface area contributed by atoms with E-state index in [0.717, 1.165) is 5.56 Å². The van der Waals surface area contributed by atoms with Gasteiger partial charge < -0.3 is 21.3 Å². The largest absolute Gasteiger partial charge is 0.354 e. The number of H-pyrrole nitrogens is 1. The van der Waals surface area contributed by atoms with Gasteiger partial charge in [-0.15, -0.1) is 11.3 Å². The number of aromatic nitrogens is 3. The highest BCUT2D eigenvalue weighted by molar-refractivity contribution is 7.09. The molecule has 3 atom stereocenters. The lowest BCUT2D eigenvalue weighted by Gasteiger charge is -2.25. The average Bonchev–Trinajstić information content (AvgIpc) is 3.45. The zero-order valence-corrected chi connectivity index (χ0v) is 23.6. The maximum absolute atomic E-state index is 13.4. The number of fused-ring (bicyclic) bond motifs is 2. The number of nitrogens with one attached hydrogen (secondary N) is 5. The van der Waals surface area contributed by atoms with Crippen molar-refractivity contribution in [3.05, 3.63) is 80.2 Å². The molecular weight excluding hydrogens is 546 g/mol. The summed E-state index contributed by atoms with van der Waals surface area (Å²) in [6.45, 7) is 4.16. The summed E-state index contributed by atoms with van der Waals surface area (Å²) < 4.78 is 0. The quantitative estimate of drug-likeness (QED) is 0.304. The van der Waals surface area contributed by atoms with E-state index in [1.165, 1.54) is 23.5 Å². The van der Waals surface area contributed by atoms with Crippen molar-refractivity contribution in [1.29, 1.82) is 0 Å². The minimum Gasteiger partial charge on any atom is -0.354 e. The molecule has 216 valence electrons. The molecule has 0 fully saturated rings. The molecule has 0 aliphatic carbocycles. The van der Waals surface area contributed by atoms with Gasteiger partial charge in [-0.25, -0.2) is 10.1 Å². The number of hydrogen-bond donors (Lipinski definition) is 5. The molecule has 2 bridgehead atoms. The van der Waals surface area contributed by atoms with E-state index in [9.17, 15) is 24.0 Å². The predicted molar refractivity (Wildman–Crippen MR) is 152 cm³/mol. The highest BCUT2D eigenvalue weighted by atomic mass is 32.1. The molecule has 5 N–H and O–H groups in total. The normalized spacial score (nSPS) is 20.6. The van der Waals surface area contributed by atoms with Gasteiger partial charge in [-0.2, -0.15) is 5.10 Å². The zero-order chi connectivity index (χ0) is 29.4. The number of benzene rings is 1. The summed E-state index contributed by atoms with van der Waals surface area (Å²) in [7, 11) is 0. The van der Waals surface area contributed by atoms with Gasteiger partial charge in [0, 0.05) is 24.4 Å². The maximum atomic E-state index is 13.4. The molecule has 0 spiro atoms. The van der Waals surface area contributed by atoms with E-state index in [1.807, 2.05) is 44.2 Å². The van der Waals surface area contributed by atoms with E-state index in [1.54, 1.807) is 5.38 Å². The van der Waals surface area contributed by atoms with Gasteiger partial charge in [0.25, 0.3) is 17.4 Å². The topological polar surface area (TPSA) is 175 Å². The number of thiazole rings is 1. The molecule has 1 aliphatic rings. The van der Waals surface area contributed by atoms with Crippen LogP contribution in [-0.4, -0.2) is 57.4 Å². The lowest BCUT2D eigenvalue weighted by atomic mass is 10.0. The first-order valence-electron chi connectivity index (χ1n) is 13.5. The van der Waals surface area contributed by atoms with E-state index >= 15 is 0 Å². The van der Waals surface area contributed by atoms with Crippen molar-refractivity contribution in [2.75, 3.05) is 6.54 Å². The fourth-order valence-corrected chi connectivity index (χ4v) is 5.39. The SMILES string of the molecule is CC(C)[C@H]1NC(=O)[C@@H](NC(=O)c2ccc(=O)[nH]n2)CCCCNC(=O)[C@@H](Cc2ccccc2)NC(=O)c2csc1n2. The monoisotopic (exact) mass is 579 g/mol. The zero-order valence-electron chi connectivity index (χ0n) is 22.8. The molecule has 12 nitrogen and oxygen atoms in total. The Morgan fingerprint density at radius 1 is 1.02 bits per heavy atom. The molecule has 0 saturated carbocycles. The van der Waals surface area contributed by atoms with Crippen LogP contribution in [0.5, 0.6) is 0 Å². The van der Waals surface area contributed by atoms with Crippen LogP contribution in [0.4, 0.5) is 0 Å². The molecule has 0 unspecified atom stereocenters. The number of amides is 4. The van der Waals surface area contributed by atoms with Crippen LogP contribution in [0.15, 0.2) is 52.6 Å². The first-order valence-corrected chi connectivity index (χ1v) is 14.3. The van der Waals surface area contributed by atoms with Crippen LogP contribution in [0.2, 0.25) is 0 Å². The third kappa shape index (κ3) is 8.07. The van der Waals surface area contributed by atoms with Crippen molar-refractivity contribution in [3.63, 3.8) is 0 Å². The van der Waals surface area contributed by atoms with E-state index < -0.39 is 41.4 Å². The van der Waals surface area contributed by atoms with Gasteiger partial charge in [0.15, 0.2) is 0 Å². The average molecular weight is 580 g/mol. The summed E-state index contributed by atoms with van der Waals surface area (Å²) in [4.78, 5) is 68.3. The van der Waals surface area contributed by atoms with Gasteiger partial charge in [0.05, 0.1) is 6.04 Å². The van der Waals surface area contributed by atoms with Crippen LogP contribution >= 0.6 is 11.3 Å². The van der Waals surface area contributed by atoms with Gasteiger partial charge >= 0.3 is 0 Å². The molecule has 1 aliphatic heterocycles. The Kier molecular flexibility index (Phi) is 9.95. The minimum atomic E-state index is -0.908. The Bertz CT molecular complexity index is 1420. The van der Waals surface area contributed by atoms with Gasteiger partial charge in [-0.1, -0.05) is 44.2 Å². The van der Waals surface area contributed by atoms with Crippen molar-refractivity contribution in [2.45, 2.75) is 57.7 Å². The van der Waals surface area contributed by atoms with Crippen LogP contribution in [0.3, 0.4) is 0 Å². The van der Waals surface area contributed by atoms with Crippen molar-refractivity contribution >= 4 is 35.0 Å². The summed E-state index contributed by atoms with van der Waals surface area (Å²) >= 11 is 1.23. The molecule has 41 heavy (non-hydrogen) atoms. The van der Waals surface area contributed by atoms with Gasteiger partial charge in [-0.05, 0) is 36.8 Å². The molecule has 4 rings (SSSR count). The highest BCUT2D eigenvalue weighted by Gasteiger charge is 2.29. The maximum Gasteiger partial charge on any atom is 0.272 e. The number of carbonyl (C=O) groups excluding carboxylic acids is 4. The van der Waals surface area contributed by atoms with Crippen molar-refractivity contribution in [1.82, 2.24) is 36.4 Å². The summed E-state index contributed by atoms with van der Waals surface area (Å²) in [6, 6.07) is 9.65. The van der Waals surface area contributed by atoms with Crippen LogP contribution in [-0.2, 0) is 16.0 Å². The van der Waals surface area contributed by atoms with E-state index in [2.05, 4.69) is 36.4 Å². The number of aromatic amines is 1. The predicted octanol–water partition coefficient (Wildman–Crippen LogP) is 1.48. The van der Waals surface area contributed by atoms with Crippen LogP contribution in [0, 0.1) is 5.92 Å². The van der Waals surface area contributed by atoms with E-state index in [0.29, 0.717) is 37.2 Å². The second kappa shape index (κ2) is 13.8. The molecule has 0 saturated heterocycles. The first kappa shape index (κ1) is 29.6. The van der Waals surface area contributed by atoms with Crippen LogP contribution in [0.25, 0.3) is 0 Å². The number of nitrogens with zero attached hydrogens (tertiary/aromatic N) is 2. The summed E-state index contributed by atoms with van der Waals surface area (Å²) in [5.41, 5.74) is 0.571. The summed E-state index contributed by atoms with van der Waals surface area (Å²) in [5, 5.41) is 19.5. The Labute approximate surface area is 240 Å². The van der Waals surface area contributed by atoms with Gasteiger partial charge in [0.2, 0.25) is 11.8 Å². The Hall–Kier alpha value is -4.39. The van der Waals surface area contributed by atoms with Gasteiger partial charge in [-0.3, -0.25) is 24.0 Å². The fraction of sp³-hybridized carbons (Fsp3) is 0.393. The summed E-state index contributed by atoms with van der Waals surface area (Å²) in [6.07, 6.45) is 1.67. The minimum absolute atomic E-state index is 0.0303. The highest BCUT2D eigenvalue weighted by Crippen LogP contribution is 2.26. The van der Waals surface area contributed by atoms with Crippen LogP contribution < -0.4 is 26.8 Å². The first-order chi connectivity index (χ1) is 19.7. The fourth-order valence-electron chi connectivity index (χ4n) is 4.37. The van der Waals surface area contributed by atoms with Gasteiger partial charge in [0.1, 0.15) is 28.5 Å². The van der Waals surface area contributed by atoms with Crippen molar-refractivity contribution in [2.24, 2.45) is 5.92 Å². The Balaban J connectivity index is 1.58. The Morgan fingerprint density at radius 2 is 1.80 bits per heavy atom. The number of carbonyl (C=O) groups is 4. The second-order valence-corrected chi connectivity index (χ2v) is 11.0. The standard InChI is InChI=1S/C28H33N7O5S/c1-16(2)23-28-32-21(15-41-28)27(40)31-20(14-17-8-4-3-5-9-17)24(37)29-13-7-6-10-18(25(38)33-23)30-26(39)19-11-12-22(36)35-34-19/h3-5,8-9,11-12,15-16,18,20,23H,6-7,10,13-14H2,1-2H3,(H,29,37)(H,30,39)(H,31,40)(H,33,38)(H,35,36)/t18-,20+,23+/m0/s1. The molecule has 3 aromatic rings. The molecule has 4 amide bonds. The molecular formula is C28H33N7O5S. The lowest BCUT2D eigenvalue weighted by molar-refractivity contribution is -0.124. The molecule has 3 heterocycles. The van der Waals surface area contributed by atoms with E-state index in [4.69, 9.17) is 0 Å². The molecule has 1 aromatic carbocycles. The molecule has 0 radical (unpaired) electrons. The van der Waals surface area contributed by atoms with Crippen LogP contribution in [0.1, 0.15) is 70.7 Å². The number of hydrogen-bond acceptors (Lipinski definition) is 8. The van der Waals surface area contributed by atoms with E-state index in [-0.39, 0.29) is 23.2 Å². The molecule has 2 aromatic heterocycles. The smallest absolute Gasteiger partial charge is 0.272 e. The third-order valence-electron chi connectivity index (χ3n) is 6.64. The summed E-state index contributed by atoms with van der Waals surface area (Å²) in [5.74, 6) is -1.91. The van der Waals surface area contributed by atoms with Crippen molar-refractivity contribution in [3.8, 4) is 0 Å². The van der Waals surface area contributed by atoms with Crippen molar-refractivity contribution < 1.29 is 19.2 Å². The third-order valence-corrected chi connectivity index (χ3v) is 7.57. The second-order valence-electron chi connectivity index (χ2n) is 10.1. The number of rotatable bonds is 5. The Morgan fingerprint density at radius 3 is 2.51 bits per heavy atom. The molecule has 13 heteroatoms.